The van der Waals surface area contributed by atoms with Gasteiger partial charge in [0.15, 0.2) is 0 Å². The van der Waals surface area contributed by atoms with Gasteiger partial charge < -0.3 is 4.79 Å². The Morgan fingerprint density at radius 3 is 2.13 bits per heavy atom. The number of hydrogen-bond acceptors (Lipinski definition) is 1. The van der Waals surface area contributed by atoms with E-state index in [9.17, 15) is 18.0 Å². The largest absolute Gasteiger partial charge is 0.405 e. The summed E-state index contributed by atoms with van der Waals surface area (Å²) in [4.78, 5) is 10.6. The standard InChI is InChI=1S/C10H8ClF3O/c11-9(10(12,13)14)8(6-15)7-4-2-1-3-5-7/h1-6,8-9H/t8-,9-/m1/s1. The maximum absolute atomic E-state index is 12.3. The summed E-state index contributed by atoms with van der Waals surface area (Å²) in [5.41, 5.74) is 0.268. The van der Waals surface area contributed by atoms with Gasteiger partial charge in [-0.15, -0.1) is 11.6 Å². The van der Waals surface area contributed by atoms with Crippen molar-refractivity contribution in [2.75, 3.05) is 0 Å². The van der Waals surface area contributed by atoms with Crippen LogP contribution in [0.2, 0.25) is 0 Å². The molecule has 0 aliphatic carbocycles. The van der Waals surface area contributed by atoms with Crippen molar-refractivity contribution in [3.63, 3.8) is 0 Å². The number of benzene rings is 1. The van der Waals surface area contributed by atoms with Crippen molar-refractivity contribution in [3.05, 3.63) is 35.9 Å². The third-order valence-corrected chi connectivity index (χ3v) is 2.48. The monoisotopic (exact) mass is 236 g/mol. The van der Waals surface area contributed by atoms with E-state index in [0.717, 1.165) is 0 Å². The fourth-order valence-electron chi connectivity index (χ4n) is 1.20. The number of carbonyl (C=O) groups is 1. The van der Waals surface area contributed by atoms with Crippen LogP contribution in [-0.2, 0) is 4.79 Å². The average Bonchev–Trinajstić information content (AvgIpc) is 2.19. The van der Waals surface area contributed by atoms with Crippen LogP contribution in [-0.4, -0.2) is 17.8 Å². The van der Waals surface area contributed by atoms with Crippen molar-refractivity contribution in [3.8, 4) is 0 Å². The van der Waals surface area contributed by atoms with Crippen LogP contribution in [0.1, 0.15) is 11.5 Å². The minimum absolute atomic E-state index is 0.223. The molecule has 0 aliphatic heterocycles. The summed E-state index contributed by atoms with van der Waals surface area (Å²) in [5.74, 6) is -1.35. The summed E-state index contributed by atoms with van der Waals surface area (Å²) >= 11 is 5.20. The molecular weight excluding hydrogens is 229 g/mol. The van der Waals surface area contributed by atoms with Gasteiger partial charge in [-0.2, -0.15) is 13.2 Å². The molecule has 1 rings (SSSR count). The van der Waals surface area contributed by atoms with Gasteiger partial charge in [0.05, 0.1) is 5.92 Å². The van der Waals surface area contributed by atoms with E-state index in [1.807, 2.05) is 0 Å². The smallest absolute Gasteiger partial charge is 0.303 e. The average molecular weight is 237 g/mol. The molecule has 1 aromatic carbocycles. The normalized spacial score (nSPS) is 15.7. The van der Waals surface area contributed by atoms with Crippen LogP contribution in [0.3, 0.4) is 0 Å². The molecule has 0 radical (unpaired) electrons. The highest BCUT2D eigenvalue weighted by Crippen LogP contribution is 2.34. The zero-order chi connectivity index (χ0) is 11.5. The highest BCUT2D eigenvalue weighted by atomic mass is 35.5. The summed E-state index contributed by atoms with van der Waals surface area (Å²) in [5, 5.41) is -2.18. The Morgan fingerprint density at radius 1 is 1.20 bits per heavy atom. The Morgan fingerprint density at radius 2 is 1.73 bits per heavy atom. The molecule has 0 saturated carbocycles. The van der Waals surface area contributed by atoms with Crippen molar-refractivity contribution in [1.29, 1.82) is 0 Å². The zero-order valence-corrected chi connectivity index (χ0v) is 8.29. The molecule has 82 valence electrons. The Balaban J connectivity index is 2.95. The molecule has 0 fully saturated rings. The number of hydrogen-bond donors (Lipinski definition) is 0. The maximum Gasteiger partial charge on any atom is 0.405 e. The summed E-state index contributed by atoms with van der Waals surface area (Å²) in [6.45, 7) is 0. The predicted octanol–water partition coefficient (Wildman–Crippen LogP) is 3.14. The topological polar surface area (TPSA) is 17.1 Å². The van der Waals surface area contributed by atoms with Crippen LogP contribution >= 0.6 is 11.6 Å². The lowest BCUT2D eigenvalue weighted by atomic mass is 9.97. The molecule has 0 aromatic heterocycles. The van der Waals surface area contributed by atoms with Gasteiger partial charge >= 0.3 is 6.18 Å². The van der Waals surface area contributed by atoms with Crippen LogP contribution in [0, 0.1) is 0 Å². The Hall–Kier alpha value is -1.03. The predicted molar refractivity (Wildman–Crippen MR) is 50.9 cm³/mol. The molecule has 15 heavy (non-hydrogen) atoms. The SMILES string of the molecule is O=C[C@H](c1ccccc1)[C@@H](Cl)C(F)(F)F. The van der Waals surface area contributed by atoms with E-state index in [1.54, 1.807) is 18.2 Å². The molecular formula is C10H8ClF3O. The van der Waals surface area contributed by atoms with E-state index in [0.29, 0.717) is 0 Å². The first kappa shape index (κ1) is 12.0. The van der Waals surface area contributed by atoms with Crippen LogP contribution in [0.15, 0.2) is 30.3 Å². The van der Waals surface area contributed by atoms with Crippen molar-refractivity contribution in [1.82, 2.24) is 0 Å². The fourth-order valence-corrected chi connectivity index (χ4v) is 1.40. The van der Waals surface area contributed by atoms with Crippen molar-refractivity contribution >= 4 is 17.9 Å². The van der Waals surface area contributed by atoms with Crippen LogP contribution in [0.25, 0.3) is 0 Å². The van der Waals surface area contributed by atoms with E-state index in [4.69, 9.17) is 11.6 Å². The molecule has 0 N–H and O–H groups in total. The van der Waals surface area contributed by atoms with Crippen LogP contribution < -0.4 is 0 Å². The molecule has 0 unspecified atom stereocenters. The molecule has 0 amide bonds. The fraction of sp³-hybridized carbons (Fsp3) is 0.300. The third-order valence-electron chi connectivity index (χ3n) is 1.96. The van der Waals surface area contributed by atoms with E-state index in [-0.39, 0.29) is 11.8 Å². The minimum Gasteiger partial charge on any atom is -0.303 e. The number of halogens is 4. The minimum atomic E-state index is -4.58. The summed E-state index contributed by atoms with van der Waals surface area (Å²) in [6, 6.07) is 7.67. The summed E-state index contributed by atoms with van der Waals surface area (Å²) < 4.78 is 36.8. The quantitative estimate of drug-likeness (QED) is 0.582. The molecule has 1 aromatic rings. The van der Waals surface area contributed by atoms with E-state index in [2.05, 4.69) is 0 Å². The van der Waals surface area contributed by atoms with E-state index < -0.39 is 17.5 Å². The Labute approximate surface area is 89.9 Å². The first-order valence-electron chi connectivity index (χ1n) is 4.18. The van der Waals surface area contributed by atoms with Gasteiger partial charge in [-0.05, 0) is 5.56 Å². The second kappa shape index (κ2) is 4.66. The lowest BCUT2D eigenvalue weighted by molar-refractivity contribution is -0.139. The first-order chi connectivity index (χ1) is 6.96. The Kier molecular flexibility index (Phi) is 3.74. The van der Waals surface area contributed by atoms with Crippen molar-refractivity contribution in [2.24, 2.45) is 0 Å². The van der Waals surface area contributed by atoms with Gasteiger partial charge in [0.25, 0.3) is 0 Å². The van der Waals surface area contributed by atoms with Gasteiger partial charge in [0.1, 0.15) is 11.7 Å². The summed E-state index contributed by atoms with van der Waals surface area (Å²) in [6.07, 6.45) is -4.36. The molecule has 0 spiro atoms. The van der Waals surface area contributed by atoms with Gasteiger partial charge in [0, 0.05) is 0 Å². The molecule has 0 saturated heterocycles. The number of rotatable bonds is 3. The second-order valence-electron chi connectivity index (χ2n) is 3.02. The van der Waals surface area contributed by atoms with Crippen molar-refractivity contribution in [2.45, 2.75) is 17.5 Å². The maximum atomic E-state index is 12.3. The molecule has 0 heterocycles. The van der Waals surface area contributed by atoms with Gasteiger partial charge in [-0.25, -0.2) is 0 Å². The molecule has 1 nitrogen and oxygen atoms in total. The third kappa shape index (κ3) is 2.96. The first-order valence-corrected chi connectivity index (χ1v) is 4.61. The van der Waals surface area contributed by atoms with Crippen LogP contribution in [0.4, 0.5) is 13.2 Å². The molecule has 0 aliphatic rings. The molecule has 2 atom stereocenters. The highest BCUT2D eigenvalue weighted by molar-refractivity contribution is 6.22. The molecule has 0 bridgehead atoms. The van der Waals surface area contributed by atoms with Gasteiger partial charge in [-0.1, -0.05) is 30.3 Å². The van der Waals surface area contributed by atoms with E-state index in [1.165, 1.54) is 12.1 Å². The zero-order valence-electron chi connectivity index (χ0n) is 7.54. The van der Waals surface area contributed by atoms with Crippen molar-refractivity contribution < 1.29 is 18.0 Å². The molecule has 5 heteroatoms. The lowest BCUT2D eigenvalue weighted by Gasteiger charge is -2.19. The van der Waals surface area contributed by atoms with Gasteiger partial charge in [-0.3, -0.25) is 0 Å². The van der Waals surface area contributed by atoms with E-state index >= 15 is 0 Å². The second-order valence-corrected chi connectivity index (χ2v) is 3.49. The Bertz CT molecular complexity index is 323. The van der Waals surface area contributed by atoms with Gasteiger partial charge in [0.2, 0.25) is 0 Å². The number of aldehydes is 1. The number of carbonyl (C=O) groups excluding carboxylic acids is 1. The summed E-state index contributed by atoms with van der Waals surface area (Å²) in [7, 11) is 0. The highest BCUT2D eigenvalue weighted by Gasteiger charge is 2.43. The number of alkyl halides is 4. The lowest BCUT2D eigenvalue weighted by Crippen LogP contribution is -2.30. The van der Waals surface area contributed by atoms with Crippen LogP contribution in [0.5, 0.6) is 0 Å².